The lowest BCUT2D eigenvalue weighted by atomic mass is 10.1. The van der Waals surface area contributed by atoms with Gasteiger partial charge in [0.05, 0.1) is 11.6 Å². The van der Waals surface area contributed by atoms with Crippen LogP contribution in [0, 0.1) is 6.92 Å². The lowest BCUT2D eigenvalue weighted by Crippen LogP contribution is -2.26. The minimum atomic E-state index is -0.293. The van der Waals surface area contributed by atoms with E-state index in [4.69, 9.17) is 16.1 Å². The number of rotatable bonds is 6. The van der Waals surface area contributed by atoms with E-state index < -0.39 is 0 Å². The molecular formula is C23H21ClN4O3. The van der Waals surface area contributed by atoms with Gasteiger partial charge < -0.3 is 14.8 Å². The van der Waals surface area contributed by atoms with Crippen molar-refractivity contribution in [3.63, 3.8) is 0 Å². The maximum absolute atomic E-state index is 12.4. The van der Waals surface area contributed by atoms with Gasteiger partial charge in [-0.2, -0.15) is 4.98 Å². The van der Waals surface area contributed by atoms with Crippen molar-refractivity contribution < 1.29 is 9.32 Å². The highest BCUT2D eigenvalue weighted by Crippen LogP contribution is 2.19. The van der Waals surface area contributed by atoms with E-state index in [0.29, 0.717) is 16.5 Å². The van der Waals surface area contributed by atoms with Crippen LogP contribution in [-0.2, 0) is 11.2 Å². The van der Waals surface area contributed by atoms with Gasteiger partial charge in [0, 0.05) is 23.4 Å². The first-order valence-corrected chi connectivity index (χ1v) is 10.3. The Morgan fingerprint density at radius 1 is 1.19 bits per heavy atom. The average molecular weight is 437 g/mol. The number of hydrogen-bond acceptors (Lipinski definition) is 5. The summed E-state index contributed by atoms with van der Waals surface area (Å²) in [6.07, 6.45) is 0.462. The van der Waals surface area contributed by atoms with Crippen LogP contribution in [0.2, 0.25) is 5.02 Å². The molecule has 1 amide bonds. The molecule has 0 fully saturated rings. The van der Waals surface area contributed by atoms with E-state index in [1.165, 1.54) is 0 Å². The van der Waals surface area contributed by atoms with Crippen LogP contribution in [0.1, 0.15) is 36.4 Å². The van der Waals surface area contributed by atoms with Crippen molar-refractivity contribution in [1.29, 1.82) is 0 Å². The molecule has 7 nitrogen and oxygen atoms in total. The fourth-order valence-electron chi connectivity index (χ4n) is 3.33. The minimum Gasteiger partial charge on any atom is -0.350 e. The number of benzene rings is 2. The van der Waals surface area contributed by atoms with Crippen LogP contribution in [-0.4, -0.2) is 21.0 Å². The molecule has 31 heavy (non-hydrogen) atoms. The number of aromatic amines is 1. The molecule has 0 spiro atoms. The maximum Gasteiger partial charge on any atom is 0.259 e. The van der Waals surface area contributed by atoms with Crippen molar-refractivity contribution in [1.82, 2.24) is 20.4 Å². The highest BCUT2D eigenvalue weighted by atomic mass is 35.5. The molecule has 0 radical (unpaired) electrons. The predicted octanol–water partition coefficient (Wildman–Crippen LogP) is 4.35. The summed E-state index contributed by atoms with van der Waals surface area (Å²) in [7, 11) is 0. The Labute approximate surface area is 183 Å². The van der Waals surface area contributed by atoms with Crippen molar-refractivity contribution in [3.8, 4) is 11.4 Å². The summed E-state index contributed by atoms with van der Waals surface area (Å²) >= 11 is 5.90. The summed E-state index contributed by atoms with van der Waals surface area (Å²) in [5, 5.41) is 8.39. The Kier molecular flexibility index (Phi) is 5.86. The fourth-order valence-corrected chi connectivity index (χ4v) is 3.45. The fraction of sp³-hybridized carbons (Fsp3) is 0.217. The number of carbonyl (C=O) groups excluding carboxylic acids is 1. The standard InChI is InChI=1S/C23H21ClN4O3/c1-13-3-8-19-16(11-13)12-18(23(30)26-19)22-27-21(31-28-22)10-9-20(29)25-14(2)15-4-6-17(24)7-5-15/h3-8,11-12,14H,9-10H2,1-2H3,(H,25,29)(H,26,30)/t14-/m1/s1. The number of aromatic nitrogens is 3. The van der Waals surface area contributed by atoms with E-state index in [9.17, 15) is 9.59 Å². The van der Waals surface area contributed by atoms with Crippen LogP contribution < -0.4 is 10.9 Å². The topological polar surface area (TPSA) is 101 Å². The maximum atomic E-state index is 12.4. The molecule has 4 aromatic rings. The van der Waals surface area contributed by atoms with Gasteiger partial charge in [-0.05, 0) is 55.1 Å². The molecular weight excluding hydrogens is 416 g/mol. The third-order valence-electron chi connectivity index (χ3n) is 5.02. The zero-order valence-electron chi connectivity index (χ0n) is 17.1. The first kappa shape index (κ1) is 20.8. The Hall–Kier alpha value is -3.45. The molecule has 0 unspecified atom stereocenters. The van der Waals surface area contributed by atoms with E-state index in [1.807, 2.05) is 44.2 Å². The zero-order chi connectivity index (χ0) is 22.0. The highest BCUT2D eigenvalue weighted by molar-refractivity contribution is 6.30. The predicted molar refractivity (Wildman–Crippen MR) is 119 cm³/mol. The molecule has 158 valence electrons. The minimum absolute atomic E-state index is 0.138. The van der Waals surface area contributed by atoms with E-state index in [0.717, 1.165) is 22.0 Å². The van der Waals surface area contributed by atoms with Gasteiger partial charge in [-0.3, -0.25) is 9.59 Å². The summed E-state index contributed by atoms with van der Waals surface area (Å²) in [5.41, 5.74) is 2.82. The zero-order valence-corrected chi connectivity index (χ0v) is 17.9. The molecule has 2 aromatic carbocycles. The number of H-pyrrole nitrogens is 1. The van der Waals surface area contributed by atoms with E-state index >= 15 is 0 Å². The molecule has 0 aliphatic carbocycles. The SMILES string of the molecule is Cc1ccc2[nH]c(=O)c(-c3noc(CCC(=O)N[C@H](C)c4ccc(Cl)cc4)n3)cc2c1. The van der Waals surface area contributed by atoms with Crippen molar-refractivity contribution >= 4 is 28.4 Å². The number of hydrogen-bond donors (Lipinski definition) is 2. The average Bonchev–Trinajstić information content (AvgIpc) is 3.21. The summed E-state index contributed by atoms with van der Waals surface area (Å²) < 4.78 is 5.25. The Balaban J connectivity index is 1.42. The smallest absolute Gasteiger partial charge is 0.259 e. The van der Waals surface area contributed by atoms with Gasteiger partial charge in [0.1, 0.15) is 0 Å². The van der Waals surface area contributed by atoms with Crippen molar-refractivity contribution in [2.24, 2.45) is 0 Å². The third kappa shape index (κ3) is 4.83. The second-order valence-corrected chi connectivity index (χ2v) is 7.89. The molecule has 0 aliphatic heterocycles. The van der Waals surface area contributed by atoms with E-state index in [-0.39, 0.29) is 36.2 Å². The summed E-state index contributed by atoms with van der Waals surface area (Å²) in [6.45, 7) is 3.88. The van der Waals surface area contributed by atoms with E-state index in [2.05, 4.69) is 20.4 Å². The Morgan fingerprint density at radius 2 is 1.97 bits per heavy atom. The molecule has 4 rings (SSSR count). The van der Waals surface area contributed by atoms with Gasteiger partial charge in [-0.15, -0.1) is 0 Å². The Bertz CT molecular complexity index is 1290. The molecule has 8 heteroatoms. The molecule has 0 bridgehead atoms. The van der Waals surface area contributed by atoms with Crippen LogP contribution in [0.5, 0.6) is 0 Å². The molecule has 0 aliphatic rings. The van der Waals surface area contributed by atoms with Gasteiger partial charge in [-0.1, -0.05) is 40.5 Å². The van der Waals surface area contributed by atoms with Gasteiger partial charge in [0.15, 0.2) is 0 Å². The van der Waals surface area contributed by atoms with Crippen LogP contribution in [0.15, 0.2) is 57.8 Å². The molecule has 2 N–H and O–H groups in total. The lowest BCUT2D eigenvalue weighted by Gasteiger charge is -2.14. The van der Waals surface area contributed by atoms with Crippen molar-refractivity contribution in [2.45, 2.75) is 32.7 Å². The molecule has 2 heterocycles. The number of aryl methyl sites for hydroxylation is 2. The lowest BCUT2D eigenvalue weighted by molar-refractivity contribution is -0.121. The molecule has 1 atom stereocenters. The quantitative estimate of drug-likeness (QED) is 0.468. The van der Waals surface area contributed by atoms with Crippen molar-refractivity contribution in [2.75, 3.05) is 0 Å². The van der Waals surface area contributed by atoms with E-state index in [1.54, 1.807) is 18.2 Å². The molecule has 0 saturated heterocycles. The summed E-state index contributed by atoms with van der Waals surface area (Å²) in [6, 6.07) is 14.7. The van der Waals surface area contributed by atoms with Crippen LogP contribution >= 0.6 is 11.6 Å². The van der Waals surface area contributed by atoms with Crippen LogP contribution in [0.25, 0.3) is 22.3 Å². The second-order valence-electron chi connectivity index (χ2n) is 7.46. The number of pyridine rings is 1. The summed E-state index contributed by atoms with van der Waals surface area (Å²) in [5.74, 6) is 0.365. The number of fused-ring (bicyclic) bond motifs is 1. The summed E-state index contributed by atoms with van der Waals surface area (Å²) in [4.78, 5) is 31.8. The number of nitrogens with zero attached hydrogens (tertiary/aromatic N) is 2. The highest BCUT2D eigenvalue weighted by Gasteiger charge is 2.15. The number of nitrogens with one attached hydrogen (secondary N) is 2. The molecule has 0 saturated carbocycles. The number of halogens is 1. The van der Waals surface area contributed by atoms with Gasteiger partial charge >= 0.3 is 0 Å². The third-order valence-corrected chi connectivity index (χ3v) is 5.27. The van der Waals surface area contributed by atoms with Crippen LogP contribution in [0.4, 0.5) is 0 Å². The van der Waals surface area contributed by atoms with Crippen LogP contribution in [0.3, 0.4) is 0 Å². The van der Waals surface area contributed by atoms with Gasteiger partial charge in [0.25, 0.3) is 5.56 Å². The van der Waals surface area contributed by atoms with Gasteiger partial charge in [0.2, 0.25) is 17.6 Å². The normalized spacial score (nSPS) is 12.1. The monoisotopic (exact) mass is 436 g/mol. The number of amides is 1. The second kappa shape index (κ2) is 8.73. The number of carbonyl (C=O) groups is 1. The first-order valence-electron chi connectivity index (χ1n) is 9.90. The van der Waals surface area contributed by atoms with Gasteiger partial charge in [-0.25, -0.2) is 0 Å². The molecule has 2 aromatic heterocycles. The first-order chi connectivity index (χ1) is 14.9. The Morgan fingerprint density at radius 3 is 2.74 bits per heavy atom. The largest absolute Gasteiger partial charge is 0.350 e. The van der Waals surface area contributed by atoms with Crippen molar-refractivity contribution in [3.05, 3.63) is 80.9 Å².